The number of benzene rings is 3. The summed E-state index contributed by atoms with van der Waals surface area (Å²) >= 11 is 0. The highest BCUT2D eigenvalue weighted by atomic mass is 16.6. The Morgan fingerprint density at radius 1 is 1.00 bits per heavy atom. The van der Waals surface area contributed by atoms with Gasteiger partial charge in [-0.05, 0) is 35.6 Å². The van der Waals surface area contributed by atoms with Gasteiger partial charge in [0.2, 0.25) is 0 Å². The number of ether oxygens (including phenoxy) is 1. The van der Waals surface area contributed by atoms with E-state index >= 15 is 0 Å². The minimum absolute atomic E-state index is 0.0380. The maximum absolute atomic E-state index is 11.8. The molecule has 0 saturated carbocycles. The highest BCUT2D eigenvalue weighted by Crippen LogP contribution is 2.41. The van der Waals surface area contributed by atoms with Crippen LogP contribution < -0.4 is 10.1 Å². The smallest absolute Gasteiger partial charge is 0.314 e. The standard InChI is InChI=1S/C24H24N2O4/c27-24-20-12-14-22(30-16-18-9-5-2-6-10-18)23(26(28)29)19(20)11-13-21(24)25-15-17-7-3-1-4-8-17/h1-10,12,14,21,24-25,27H,11,13,15-16H2. The summed E-state index contributed by atoms with van der Waals surface area (Å²) in [5.74, 6) is 0.241. The summed E-state index contributed by atoms with van der Waals surface area (Å²) in [4.78, 5) is 11.4. The molecule has 0 fully saturated rings. The summed E-state index contributed by atoms with van der Waals surface area (Å²) in [5.41, 5.74) is 3.20. The zero-order valence-electron chi connectivity index (χ0n) is 16.5. The molecule has 0 aromatic heterocycles. The molecule has 0 spiro atoms. The van der Waals surface area contributed by atoms with E-state index in [1.165, 1.54) is 0 Å². The number of hydrogen-bond donors (Lipinski definition) is 2. The molecule has 3 aromatic rings. The number of fused-ring (bicyclic) bond motifs is 1. The van der Waals surface area contributed by atoms with Gasteiger partial charge in [-0.3, -0.25) is 10.1 Å². The highest BCUT2D eigenvalue weighted by molar-refractivity contribution is 5.58. The van der Waals surface area contributed by atoms with Crippen molar-refractivity contribution in [3.63, 3.8) is 0 Å². The molecule has 0 radical (unpaired) electrons. The van der Waals surface area contributed by atoms with E-state index in [2.05, 4.69) is 5.32 Å². The number of nitro benzene ring substituents is 1. The second kappa shape index (κ2) is 9.07. The van der Waals surface area contributed by atoms with Gasteiger partial charge in [0, 0.05) is 18.2 Å². The van der Waals surface area contributed by atoms with E-state index in [0.29, 0.717) is 30.5 Å². The summed E-state index contributed by atoms with van der Waals surface area (Å²) in [6, 6.07) is 22.7. The number of aliphatic hydroxyl groups excluding tert-OH is 1. The van der Waals surface area contributed by atoms with Gasteiger partial charge in [0.05, 0.1) is 11.0 Å². The Balaban J connectivity index is 1.52. The average molecular weight is 404 g/mol. The van der Waals surface area contributed by atoms with Crippen molar-refractivity contribution in [1.82, 2.24) is 5.32 Å². The molecular weight excluding hydrogens is 380 g/mol. The molecule has 2 atom stereocenters. The first-order valence-corrected chi connectivity index (χ1v) is 10.1. The van der Waals surface area contributed by atoms with Crippen molar-refractivity contribution in [2.24, 2.45) is 0 Å². The van der Waals surface area contributed by atoms with Crippen LogP contribution in [0.15, 0.2) is 72.8 Å². The second-order valence-corrected chi connectivity index (χ2v) is 7.47. The van der Waals surface area contributed by atoms with Crippen LogP contribution in [0, 0.1) is 10.1 Å². The first kappa shape index (κ1) is 20.1. The van der Waals surface area contributed by atoms with Crippen molar-refractivity contribution in [1.29, 1.82) is 0 Å². The lowest BCUT2D eigenvalue weighted by atomic mass is 9.84. The van der Waals surface area contributed by atoms with Crippen LogP contribution in [0.5, 0.6) is 5.75 Å². The molecule has 4 rings (SSSR count). The van der Waals surface area contributed by atoms with Gasteiger partial charge in [0.15, 0.2) is 5.75 Å². The lowest BCUT2D eigenvalue weighted by molar-refractivity contribution is -0.386. The fourth-order valence-corrected chi connectivity index (χ4v) is 3.96. The minimum atomic E-state index is -0.806. The third-order valence-electron chi connectivity index (χ3n) is 5.52. The first-order valence-electron chi connectivity index (χ1n) is 10.1. The molecule has 1 aliphatic rings. The van der Waals surface area contributed by atoms with Crippen molar-refractivity contribution in [3.8, 4) is 5.75 Å². The molecule has 0 amide bonds. The molecule has 0 saturated heterocycles. The SMILES string of the molecule is O=[N+]([O-])c1c(OCc2ccccc2)ccc2c1CCC(NCc1ccccc1)C2O. The molecule has 1 aliphatic carbocycles. The maximum atomic E-state index is 11.8. The van der Waals surface area contributed by atoms with Crippen LogP contribution in [0.3, 0.4) is 0 Å². The Hall–Kier alpha value is -3.22. The summed E-state index contributed by atoms with van der Waals surface area (Å²) in [6.07, 6.45) is 0.320. The van der Waals surface area contributed by atoms with Gasteiger partial charge in [-0.25, -0.2) is 0 Å². The van der Waals surface area contributed by atoms with E-state index < -0.39 is 11.0 Å². The zero-order chi connectivity index (χ0) is 20.9. The van der Waals surface area contributed by atoms with E-state index in [9.17, 15) is 15.2 Å². The third kappa shape index (κ3) is 4.35. The topological polar surface area (TPSA) is 84.6 Å². The van der Waals surface area contributed by atoms with Gasteiger partial charge >= 0.3 is 5.69 Å². The summed E-state index contributed by atoms with van der Waals surface area (Å²) in [7, 11) is 0. The van der Waals surface area contributed by atoms with E-state index in [-0.39, 0.29) is 24.1 Å². The van der Waals surface area contributed by atoms with Crippen LogP contribution in [0.1, 0.15) is 34.8 Å². The fourth-order valence-electron chi connectivity index (χ4n) is 3.96. The van der Waals surface area contributed by atoms with E-state index in [0.717, 1.165) is 11.1 Å². The van der Waals surface area contributed by atoms with Crippen LogP contribution in [0.25, 0.3) is 0 Å². The summed E-state index contributed by atoms with van der Waals surface area (Å²) < 4.78 is 5.78. The Bertz CT molecular complexity index is 1010. The van der Waals surface area contributed by atoms with E-state index in [1.54, 1.807) is 12.1 Å². The van der Waals surface area contributed by atoms with Crippen molar-refractivity contribution in [2.45, 2.75) is 38.1 Å². The molecule has 2 N–H and O–H groups in total. The minimum Gasteiger partial charge on any atom is -0.482 e. The molecule has 3 aromatic carbocycles. The Labute approximate surface area is 175 Å². The average Bonchev–Trinajstić information content (AvgIpc) is 2.78. The summed E-state index contributed by atoms with van der Waals surface area (Å²) in [5, 5.41) is 26.1. The Kier molecular flexibility index (Phi) is 6.07. The predicted octanol–water partition coefficient (Wildman–Crippen LogP) is 4.31. The lowest BCUT2D eigenvalue weighted by Gasteiger charge is -2.31. The van der Waals surface area contributed by atoms with Crippen molar-refractivity contribution < 1.29 is 14.8 Å². The largest absolute Gasteiger partial charge is 0.482 e. The molecule has 154 valence electrons. The quantitative estimate of drug-likeness (QED) is 0.453. The lowest BCUT2D eigenvalue weighted by Crippen LogP contribution is -2.38. The molecular formula is C24H24N2O4. The van der Waals surface area contributed by atoms with Crippen molar-refractivity contribution in [2.75, 3.05) is 0 Å². The predicted molar refractivity (Wildman–Crippen MR) is 114 cm³/mol. The van der Waals surface area contributed by atoms with Crippen LogP contribution >= 0.6 is 0 Å². The molecule has 6 nitrogen and oxygen atoms in total. The number of nitro groups is 1. The van der Waals surface area contributed by atoms with Crippen LogP contribution in [0.2, 0.25) is 0 Å². The number of aliphatic hydroxyl groups is 1. The molecule has 0 bridgehead atoms. The van der Waals surface area contributed by atoms with Gasteiger partial charge in [-0.1, -0.05) is 66.7 Å². The van der Waals surface area contributed by atoms with Gasteiger partial charge in [0.25, 0.3) is 0 Å². The molecule has 0 heterocycles. The Morgan fingerprint density at radius 3 is 2.33 bits per heavy atom. The highest BCUT2D eigenvalue weighted by Gasteiger charge is 2.34. The number of nitrogens with one attached hydrogen (secondary N) is 1. The van der Waals surface area contributed by atoms with Crippen LogP contribution in [0.4, 0.5) is 5.69 Å². The van der Waals surface area contributed by atoms with Gasteiger partial charge < -0.3 is 15.2 Å². The van der Waals surface area contributed by atoms with Gasteiger partial charge in [-0.15, -0.1) is 0 Å². The monoisotopic (exact) mass is 404 g/mol. The van der Waals surface area contributed by atoms with E-state index in [1.807, 2.05) is 60.7 Å². The third-order valence-corrected chi connectivity index (χ3v) is 5.52. The summed E-state index contributed by atoms with van der Waals surface area (Å²) in [6.45, 7) is 0.891. The molecule has 30 heavy (non-hydrogen) atoms. The number of nitrogens with zero attached hydrogens (tertiary/aromatic N) is 1. The van der Waals surface area contributed by atoms with Crippen LogP contribution in [-0.4, -0.2) is 16.1 Å². The van der Waals surface area contributed by atoms with Crippen LogP contribution in [-0.2, 0) is 19.6 Å². The first-order chi connectivity index (χ1) is 14.6. The van der Waals surface area contributed by atoms with E-state index in [4.69, 9.17) is 4.74 Å². The van der Waals surface area contributed by atoms with Crippen molar-refractivity contribution >= 4 is 5.69 Å². The zero-order valence-corrected chi connectivity index (χ0v) is 16.5. The number of hydrogen-bond acceptors (Lipinski definition) is 5. The maximum Gasteiger partial charge on any atom is 0.314 e. The van der Waals surface area contributed by atoms with Gasteiger partial charge in [-0.2, -0.15) is 0 Å². The Morgan fingerprint density at radius 2 is 1.67 bits per heavy atom. The molecule has 0 aliphatic heterocycles. The normalized spacial score (nSPS) is 17.9. The van der Waals surface area contributed by atoms with Gasteiger partial charge in [0.1, 0.15) is 6.61 Å². The fraction of sp³-hybridized carbons (Fsp3) is 0.250. The van der Waals surface area contributed by atoms with Crippen molar-refractivity contribution in [3.05, 3.63) is 105 Å². The molecule has 6 heteroatoms. The molecule has 2 unspecified atom stereocenters. The second-order valence-electron chi connectivity index (χ2n) is 7.47. The number of rotatable bonds is 7.